The minimum Gasteiger partial charge on any atom is -0.457 e. The SMILES string of the molecule is O=C(COC(=O)c1occc1-c1ccccc1)Nc1cccc(S(=O)(=O)N2CCCC2)c1. The first-order valence-corrected chi connectivity index (χ1v) is 11.6. The van der Waals surface area contributed by atoms with Crippen molar-refractivity contribution in [1.82, 2.24) is 4.31 Å². The molecule has 1 aliphatic rings. The van der Waals surface area contributed by atoms with Crippen LogP contribution in [0.5, 0.6) is 0 Å². The Hall–Kier alpha value is -3.43. The van der Waals surface area contributed by atoms with Gasteiger partial charge >= 0.3 is 5.97 Å². The molecule has 0 atom stereocenters. The third kappa shape index (κ3) is 4.74. The van der Waals surface area contributed by atoms with Crippen LogP contribution in [-0.4, -0.2) is 44.3 Å². The number of sulfonamides is 1. The molecule has 0 bridgehead atoms. The van der Waals surface area contributed by atoms with E-state index in [4.69, 9.17) is 9.15 Å². The predicted octanol–water partition coefficient (Wildman–Crippen LogP) is 3.53. The molecule has 0 spiro atoms. The normalized spacial score (nSPS) is 14.2. The summed E-state index contributed by atoms with van der Waals surface area (Å²) in [5, 5.41) is 2.56. The van der Waals surface area contributed by atoms with E-state index in [2.05, 4.69) is 5.32 Å². The van der Waals surface area contributed by atoms with Gasteiger partial charge in [0.25, 0.3) is 5.91 Å². The van der Waals surface area contributed by atoms with Crippen molar-refractivity contribution in [2.24, 2.45) is 0 Å². The summed E-state index contributed by atoms with van der Waals surface area (Å²) in [4.78, 5) is 24.8. The van der Waals surface area contributed by atoms with Gasteiger partial charge < -0.3 is 14.5 Å². The van der Waals surface area contributed by atoms with Crippen LogP contribution in [0.1, 0.15) is 23.4 Å². The van der Waals surface area contributed by atoms with E-state index in [0.29, 0.717) is 24.3 Å². The number of hydrogen-bond donors (Lipinski definition) is 1. The number of furan rings is 1. The molecule has 8 nitrogen and oxygen atoms in total. The molecule has 1 amide bonds. The van der Waals surface area contributed by atoms with Crippen molar-refractivity contribution in [3.63, 3.8) is 0 Å². The highest BCUT2D eigenvalue weighted by molar-refractivity contribution is 7.89. The summed E-state index contributed by atoms with van der Waals surface area (Å²) in [5.74, 6) is -1.36. The van der Waals surface area contributed by atoms with E-state index >= 15 is 0 Å². The lowest BCUT2D eigenvalue weighted by Gasteiger charge is -2.16. The molecule has 1 N–H and O–H groups in total. The van der Waals surface area contributed by atoms with E-state index in [1.165, 1.54) is 22.7 Å². The van der Waals surface area contributed by atoms with Gasteiger partial charge in [0.05, 0.1) is 11.2 Å². The maximum absolute atomic E-state index is 12.7. The number of hydrogen-bond acceptors (Lipinski definition) is 6. The Morgan fingerprint density at radius 3 is 2.50 bits per heavy atom. The molecule has 32 heavy (non-hydrogen) atoms. The third-order valence-electron chi connectivity index (χ3n) is 5.09. The standard InChI is InChI=1S/C23H22N2O6S/c26-21(16-31-23(27)22-20(11-14-30-22)17-7-2-1-3-8-17)24-18-9-6-10-19(15-18)32(28,29)25-12-4-5-13-25/h1-3,6-11,14-15H,4-5,12-13,16H2,(H,24,26). The van der Waals surface area contributed by atoms with Crippen LogP contribution in [-0.2, 0) is 19.6 Å². The monoisotopic (exact) mass is 454 g/mol. The molecule has 1 aliphatic heterocycles. The Morgan fingerprint density at radius 1 is 1.00 bits per heavy atom. The smallest absolute Gasteiger partial charge is 0.375 e. The Kier molecular flexibility index (Phi) is 6.38. The van der Waals surface area contributed by atoms with Crippen molar-refractivity contribution < 1.29 is 27.2 Å². The van der Waals surface area contributed by atoms with Crippen molar-refractivity contribution >= 4 is 27.6 Å². The van der Waals surface area contributed by atoms with Gasteiger partial charge in [0.15, 0.2) is 6.61 Å². The van der Waals surface area contributed by atoms with Gasteiger partial charge in [-0.05, 0) is 42.7 Å². The summed E-state index contributed by atoms with van der Waals surface area (Å²) in [7, 11) is -3.60. The van der Waals surface area contributed by atoms with E-state index in [1.807, 2.05) is 30.3 Å². The summed E-state index contributed by atoms with van der Waals surface area (Å²) in [6.45, 7) is 0.441. The minimum atomic E-state index is -3.60. The lowest BCUT2D eigenvalue weighted by molar-refractivity contribution is -0.119. The van der Waals surface area contributed by atoms with E-state index in [9.17, 15) is 18.0 Å². The molecule has 9 heteroatoms. The van der Waals surface area contributed by atoms with Crippen LogP contribution in [0.15, 0.2) is 76.2 Å². The first kappa shape index (κ1) is 21.8. The van der Waals surface area contributed by atoms with Crippen molar-refractivity contribution in [3.8, 4) is 11.1 Å². The highest BCUT2D eigenvalue weighted by Gasteiger charge is 2.27. The lowest BCUT2D eigenvalue weighted by atomic mass is 10.1. The summed E-state index contributed by atoms with van der Waals surface area (Å²) in [5.41, 5.74) is 1.65. The van der Waals surface area contributed by atoms with Crippen molar-refractivity contribution in [2.75, 3.05) is 25.0 Å². The molecule has 1 aromatic heterocycles. The van der Waals surface area contributed by atoms with Gasteiger partial charge in [-0.2, -0.15) is 4.31 Å². The number of carbonyl (C=O) groups excluding carboxylic acids is 2. The fourth-order valence-electron chi connectivity index (χ4n) is 3.52. The molecule has 3 aromatic rings. The van der Waals surface area contributed by atoms with Crippen LogP contribution in [0.25, 0.3) is 11.1 Å². The quantitative estimate of drug-likeness (QED) is 0.548. The van der Waals surface area contributed by atoms with Crippen molar-refractivity contribution in [3.05, 3.63) is 72.7 Å². The first-order chi connectivity index (χ1) is 15.4. The number of amides is 1. The Labute approximate surface area is 185 Å². The molecule has 166 valence electrons. The second kappa shape index (κ2) is 9.37. The molecule has 0 radical (unpaired) electrons. The molecular formula is C23H22N2O6S. The van der Waals surface area contributed by atoms with Crippen LogP contribution in [0.2, 0.25) is 0 Å². The third-order valence-corrected chi connectivity index (χ3v) is 6.99. The highest BCUT2D eigenvalue weighted by Crippen LogP contribution is 2.26. The zero-order chi connectivity index (χ0) is 22.6. The minimum absolute atomic E-state index is 0.00250. The maximum Gasteiger partial charge on any atom is 0.375 e. The first-order valence-electron chi connectivity index (χ1n) is 10.2. The number of benzene rings is 2. The predicted molar refractivity (Wildman–Crippen MR) is 117 cm³/mol. The Balaban J connectivity index is 1.38. The topological polar surface area (TPSA) is 106 Å². The summed E-state index contributed by atoms with van der Waals surface area (Å²) >= 11 is 0. The number of anilines is 1. The molecule has 2 heterocycles. The van der Waals surface area contributed by atoms with Gasteiger partial charge in [0.1, 0.15) is 0 Å². The van der Waals surface area contributed by atoms with Crippen LogP contribution in [0, 0.1) is 0 Å². The molecule has 2 aromatic carbocycles. The Morgan fingerprint density at radius 2 is 1.75 bits per heavy atom. The molecule has 4 rings (SSSR count). The van der Waals surface area contributed by atoms with Crippen LogP contribution in [0.3, 0.4) is 0 Å². The summed E-state index contributed by atoms with van der Waals surface area (Å²) in [6.07, 6.45) is 3.05. The molecule has 1 fully saturated rings. The van der Waals surface area contributed by atoms with E-state index < -0.39 is 28.5 Å². The average molecular weight is 455 g/mol. The maximum atomic E-state index is 12.7. The summed E-state index contributed by atoms with van der Waals surface area (Å²) < 4.78 is 37.2. The van der Waals surface area contributed by atoms with Gasteiger partial charge in [-0.15, -0.1) is 0 Å². The molecule has 0 aliphatic carbocycles. The number of nitrogens with one attached hydrogen (secondary N) is 1. The average Bonchev–Trinajstić information content (AvgIpc) is 3.51. The fourth-order valence-corrected chi connectivity index (χ4v) is 5.08. The van der Waals surface area contributed by atoms with E-state index in [0.717, 1.165) is 18.4 Å². The molecular weight excluding hydrogens is 432 g/mol. The Bertz CT molecular complexity index is 1210. The highest BCUT2D eigenvalue weighted by atomic mass is 32.2. The van der Waals surface area contributed by atoms with Crippen LogP contribution >= 0.6 is 0 Å². The number of esters is 1. The molecule has 1 saturated heterocycles. The van der Waals surface area contributed by atoms with Crippen LogP contribution in [0.4, 0.5) is 5.69 Å². The van der Waals surface area contributed by atoms with E-state index in [-0.39, 0.29) is 10.7 Å². The van der Waals surface area contributed by atoms with Gasteiger partial charge in [0, 0.05) is 24.3 Å². The van der Waals surface area contributed by atoms with Crippen LogP contribution < -0.4 is 5.32 Å². The van der Waals surface area contributed by atoms with Crippen molar-refractivity contribution in [1.29, 1.82) is 0 Å². The fraction of sp³-hybridized carbons (Fsp3) is 0.217. The second-order valence-electron chi connectivity index (χ2n) is 7.29. The van der Waals surface area contributed by atoms with Gasteiger partial charge in [0.2, 0.25) is 15.8 Å². The molecule has 0 unspecified atom stereocenters. The zero-order valence-corrected chi connectivity index (χ0v) is 18.0. The van der Waals surface area contributed by atoms with Crippen molar-refractivity contribution in [2.45, 2.75) is 17.7 Å². The summed E-state index contributed by atoms with van der Waals surface area (Å²) in [6, 6.07) is 16.9. The second-order valence-corrected chi connectivity index (χ2v) is 9.23. The number of carbonyl (C=O) groups is 2. The largest absolute Gasteiger partial charge is 0.457 e. The van der Waals surface area contributed by atoms with E-state index in [1.54, 1.807) is 18.2 Å². The number of ether oxygens (including phenoxy) is 1. The number of nitrogens with zero attached hydrogens (tertiary/aromatic N) is 1. The number of rotatable bonds is 7. The van der Waals surface area contributed by atoms with Gasteiger partial charge in [-0.1, -0.05) is 36.4 Å². The lowest BCUT2D eigenvalue weighted by Crippen LogP contribution is -2.28. The van der Waals surface area contributed by atoms with Gasteiger partial charge in [-0.3, -0.25) is 4.79 Å². The van der Waals surface area contributed by atoms with Gasteiger partial charge in [-0.25, -0.2) is 13.2 Å². The zero-order valence-electron chi connectivity index (χ0n) is 17.2. The molecule has 0 saturated carbocycles.